The van der Waals surface area contributed by atoms with Crippen molar-refractivity contribution in [2.45, 2.75) is 19.4 Å². The smallest absolute Gasteiger partial charge is 0.325 e. The molecule has 7 nitrogen and oxygen atoms in total. The van der Waals surface area contributed by atoms with Crippen molar-refractivity contribution in [3.63, 3.8) is 0 Å². The number of carbonyl (C=O) groups excluding carboxylic acids is 2. The molecule has 2 aromatic carbocycles. The van der Waals surface area contributed by atoms with Crippen molar-refractivity contribution in [3.05, 3.63) is 83.1 Å². The Morgan fingerprint density at radius 2 is 1.59 bits per heavy atom. The minimum absolute atomic E-state index is 0.109. The van der Waals surface area contributed by atoms with Crippen LogP contribution in [-0.4, -0.2) is 52.9 Å². The van der Waals surface area contributed by atoms with E-state index in [0.29, 0.717) is 67.8 Å². The van der Waals surface area contributed by atoms with Gasteiger partial charge in [0.2, 0.25) is 5.91 Å². The topological polar surface area (TPSA) is 66.0 Å². The number of anilines is 1. The van der Waals surface area contributed by atoms with Gasteiger partial charge >= 0.3 is 6.03 Å². The second-order valence-corrected chi connectivity index (χ2v) is 8.79. The molecule has 1 aromatic heterocycles. The van der Waals surface area contributed by atoms with E-state index in [4.69, 9.17) is 16.3 Å². The van der Waals surface area contributed by atoms with Crippen LogP contribution in [0.25, 0.3) is 0 Å². The first-order valence-corrected chi connectivity index (χ1v) is 11.8. The van der Waals surface area contributed by atoms with Crippen molar-refractivity contribution in [2.24, 2.45) is 0 Å². The third kappa shape index (κ3) is 4.56. The van der Waals surface area contributed by atoms with Gasteiger partial charge in [0.25, 0.3) is 0 Å². The number of fused-ring (bicyclic) bond motifs is 2. The average molecular weight is 477 g/mol. The summed E-state index contributed by atoms with van der Waals surface area (Å²) in [5.41, 5.74) is 2.58. The zero-order valence-corrected chi connectivity index (χ0v) is 19.4. The molecule has 3 amide bonds. The number of pyridine rings is 1. The summed E-state index contributed by atoms with van der Waals surface area (Å²) >= 11 is 6.46. The summed E-state index contributed by atoms with van der Waals surface area (Å²) in [6.07, 6.45) is 4.61. The first-order chi connectivity index (χ1) is 16.6. The number of halogens is 1. The molecular weight excluding hydrogens is 452 g/mol. The number of hydrogen-bond donors (Lipinski definition) is 0. The number of piperazine rings is 1. The summed E-state index contributed by atoms with van der Waals surface area (Å²) in [4.78, 5) is 35.7. The maximum absolute atomic E-state index is 13.6. The van der Waals surface area contributed by atoms with Gasteiger partial charge in [0, 0.05) is 55.6 Å². The largest absolute Gasteiger partial charge is 0.455 e. The van der Waals surface area contributed by atoms with Crippen molar-refractivity contribution in [1.29, 1.82) is 0 Å². The normalized spacial score (nSPS) is 15.1. The predicted octanol–water partition coefficient (Wildman–Crippen LogP) is 4.74. The fourth-order valence-corrected chi connectivity index (χ4v) is 4.59. The molecule has 2 aliphatic heterocycles. The lowest BCUT2D eigenvalue weighted by atomic mass is 10.1. The number of aryl methyl sites for hydroxylation is 1. The molecule has 3 heterocycles. The Morgan fingerprint density at radius 1 is 0.882 bits per heavy atom. The molecule has 0 N–H and O–H groups in total. The van der Waals surface area contributed by atoms with E-state index in [1.54, 1.807) is 28.3 Å². The lowest BCUT2D eigenvalue weighted by Crippen LogP contribution is -2.54. The highest BCUT2D eigenvalue weighted by Gasteiger charge is 2.32. The van der Waals surface area contributed by atoms with Gasteiger partial charge in [0.1, 0.15) is 5.75 Å². The lowest BCUT2D eigenvalue weighted by Gasteiger charge is -2.37. The van der Waals surface area contributed by atoms with Crippen LogP contribution >= 0.6 is 11.6 Å². The van der Waals surface area contributed by atoms with Crippen molar-refractivity contribution < 1.29 is 14.3 Å². The number of carbonyl (C=O) groups is 2. The van der Waals surface area contributed by atoms with Crippen LogP contribution in [0.5, 0.6) is 11.5 Å². The van der Waals surface area contributed by atoms with Gasteiger partial charge in [-0.2, -0.15) is 0 Å². The van der Waals surface area contributed by atoms with Crippen molar-refractivity contribution in [3.8, 4) is 11.5 Å². The number of rotatable bonds is 3. The summed E-state index contributed by atoms with van der Waals surface area (Å²) < 4.78 is 6.11. The molecule has 8 heteroatoms. The maximum Gasteiger partial charge on any atom is 0.325 e. The number of amides is 3. The van der Waals surface area contributed by atoms with Crippen LogP contribution in [0.3, 0.4) is 0 Å². The summed E-state index contributed by atoms with van der Waals surface area (Å²) in [6, 6.07) is 16.7. The molecule has 0 spiro atoms. The van der Waals surface area contributed by atoms with Crippen LogP contribution in [0, 0.1) is 0 Å². The van der Waals surface area contributed by atoms with E-state index in [2.05, 4.69) is 4.98 Å². The molecule has 1 fully saturated rings. The molecule has 2 aliphatic rings. The van der Waals surface area contributed by atoms with E-state index in [1.165, 1.54) is 0 Å². The van der Waals surface area contributed by atoms with Gasteiger partial charge in [0.15, 0.2) is 5.75 Å². The third-order valence-corrected chi connectivity index (χ3v) is 6.63. The number of nitrogens with zero attached hydrogens (tertiary/aromatic N) is 4. The van der Waals surface area contributed by atoms with Crippen molar-refractivity contribution >= 4 is 29.2 Å². The van der Waals surface area contributed by atoms with Crippen LogP contribution in [-0.2, 0) is 17.8 Å². The molecular formula is C26H25ClN4O3. The number of hydrogen-bond acceptors (Lipinski definition) is 4. The Bertz CT molecular complexity index is 1200. The van der Waals surface area contributed by atoms with Gasteiger partial charge in [-0.15, -0.1) is 0 Å². The number of urea groups is 1. The lowest BCUT2D eigenvalue weighted by molar-refractivity contribution is -0.132. The molecule has 0 atom stereocenters. The van der Waals surface area contributed by atoms with E-state index in [1.807, 2.05) is 53.4 Å². The van der Waals surface area contributed by atoms with Crippen LogP contribution < -0.4 is 9.64 Å². The molecule has 0 bridgehead atoms. The minimum Gasteiger partial charge on any atom is -0.455 e. The molecule has 5 rings (SSSR count). The van der Waals surface area contributed by atoms with E-state index >= 15 is 0 Å². The van der Waals surface area contributed by atoms with Crippen LogP contribution in [0.1, 0.15) is 17.5 Å². The molecule has 0 saturated carbocycles. The molecule has 0 radical (unpaired) electrons. The van der Waals surface area contributed by atoms with E-state index in [9.17, 15) is 9.59 Å². The summed E-state index contributed by atoms with van der Waals surface area (Å²) in [7, 11) is 0. The van der Waals surface area contributed by atoms with Gasteiger partial charge in [-0.3, -0.25) is 14.7 Å². The highest BCUT2D eigenvalue weighted by molar-refractivity contribution is 6.31. The van der Waals surface area contributed by atoms with Crippen LogP contribution in [0.2, 0.25) is 5.02 Å². The Hall–Kier alpha value is -3.58. The van der Waals surface area contributed by atoms with E-state index in [0.717, 1.165) is 11.1 Å². The Kier molecular flexibility index (Phi) is 6.36. The first-order valence-electron chi connectivity index (χ1n) is 11.4. The predicted molar refractivity (Wildman–Crippen MR) is 130 cm³/mol. The number of ether oxygens (including phenoxy) is 1. The second-order valence-electron chi connectivity index (χ2n) is 8.38. The van der Waals surface area contributed by atoms with Gasteiger partial charge in [-0.05, 0) is 48.4 Å². The van der Waals surface area contributed by atoms with Crippen LogP contribution in [0.15, 0.2) is 67.0 Å². The molecule has 174 valence electrons. The van der Waals surface area contributed by atoms with Crippen molar-refractivity contribution in [2.75, 3.05) is 31.1 Å². The summed E-state index contributed by atoms with van der Waals surface area (Å²) in [5.74, 6) is 1.37. The molecule has 0 unspecified atom stereocenters. The number of benzene rings is 2. The number of para-hydroxylation sites is 2. The summed E-state index contributed by atoms with van der Waals surface area (Å²) in [6.45, 7) is 2.31. The standard InChI is InChI=1S/C26H25ClN4O3/c27-21-4-3-7-23-20(21)18-31(22-5-1-2-6-24(22)34-23)26(33)30-16-14-29(15-17-30)25(32)9-8-19-10-12-28-13-11-19/h1-7,10-13H,8-9,14-18H2. The third-order valence-electron chi connectivity index (χ3n) is 6.28. The first kappa shape index (κ1) is 22.2. The fraction of sp³-hybridized carbons (Fsp3) is 0.269. The SMILES string of the molecule is O=C(CCc1ccncc1)N1CCN(C(=O)N2Cc3c(Cl)cccc3Oc3ccccc32)CC1. The fourth-order valence-electron chi connectivity index (χ4n) is 4.36. The molecule has 3 aromatic rings. The molecule has 0 aliphatic carbocycles. The Morgan fingerprint density at radius 3 is 2.38 bits per heavy atom. The Labute approximate surface area is 203 Å². The highest BCUT2D eigenvalue weighted by Crippen LogP contribution is 2.41. The maximum atomic E-state index is 13.6. The second kappa shape index (κ2) is 9.73. The van der Waals surface area contributed by atoms with Gasteiger partial charge in [-0.25, -0.2) is 4.79 Å². The van der Waals surface area contributed by atoms with Gasteiger partial charge in [0.05, 0.1) is 12.2 Å². The zero-order chi connectivity index (χ0) is 23.5. The summed E-state index contributed by atoms with van der Waals surface area (Å²) in [5, 5.41) is 0.563. The zero-order valence-electron chi connectivity index (χ0n) is 18.7. The monoisotopic (exact) mass is 476 g/mol. The number of aromatic nitrogens is 1. The Balaban J connectivity index is 1.27. The van der Waals surface area contributed by atoms with Gasteiger partial charge in [-0.1, -0.05) is 29.8 Å². The average Bonchev–Trinajstić information content (AvgIpc) is 3.05. The quantitative estimate of drug-likeness (QED) is 0.547. The minimum atomic E-state index is -0.118. The highest BCUT2D eigenvalue weighted by atomic mass is 35.5. The van der Waals surface area contributed by atoms with Crippen LogP contribution in [0.4, 0.5) is 10.5 Å². The van der Waals surface area contributed by atoms with Gasteiger partial charge < -0.3 is 14.5 Å². The van der Waals surface area contributed by atoms with Crippen molar-refractivity contribution in [1.82, 2.24) is 14.8 Å². The van der Waals surface area contributed by atoms with E-state index in [-0.39, 0.29) is 11.9 Å². The molecule has 34 heavy (non-hydrogen) atoms. The van der Waals surface area contributed by atoms with E-state index < -0.39 is 0 Å². The molecule has 1 saturated heterocycles.